The highest BCUT2D eigenvalue weighted by Gasteiger charge is 2.40. The normalized spacial score (nSPS) is 23.0. The fourth-order valence-corrected chi connectivity index (χ4v) is 5.93. The van der Waals surface area contributed by atoms with Crippen LogP contribution in [0.1, 0.15) is 78.2 Å². The summed E-state index contributed by atoms with van der Waals surface area (Å²) in [4.78, 5) is 5.25. The Morgan fingerprint density at radius 3 is 2.21 bits per heavy atom. The van der Waals surface area contributed by atoms with Crippen LogP contribution in [0.25, 0.3) is 0 Å². The first-order chi connectivity index (χ1) is 13.2. The number of anilines is 1. The summed E-state index contributed by atoms with van der Waals surface area (Å²) in [7, 11) is 1.79. The Labute approximate surface area is 173 Å². The van der Waals surface area contributed by atoms with E-state index >= 15 is 0 Å². The first kappa shape index (κ1) is 21.5. The third kappa shape index (κ3) is 5.23. The minimum atomic E-state index is 0.405. The molecule has 0 N–H and O–H groups in total. The standard InChI is InChI=1S/C25H42N2O/c1-7-8-11-26-12-14-27(15-13-26)23-16-21(28-6)9-10-22(23)20-17-24(2,3)19-25(4,5)18-20/h9-10,16,20H,7-8,11-15,17-19H2,1-6H3. The summed E-state index contributed by atoms with van der Waals surface area (Å²) in [5, 5.41) is 0. The lowest BCUT2D eigenvalue weighted by molar-refractivity contribution is 0.0969. The van der Waals surface area contributed by atoms with Crippen molar-refractivity contribution in [2.24, 2.45) is 10.8 Å². The van der Waals surface area contributed by atoms with Crippen molar-refractivity contribution in [3.63, 3.8) is 0 Å². The van der Waals surface area contributed by atoms with Gasteiger partial charge in [0.2, 0.25) is 0 Å². The van der Waals surface area contributed by atoms with Gasteiger partial charge < -0.3 is 9.64 Å². The van der Waals surface area contributed by atoms with E-state index in [9.17, 15) is 0 Å². The van der Waals surface area contributed by atoms with E-state index in [1.807, 2.05) is 0 Å². The maximum absolute atomic E-state index is 5.61. The van der Waals surface area contributed by atoms with Crippen LogP contribution in [-0.4, -0.2) is 44.7 Å². The van der Waals surface area contributed by atoms with E-state index in [2.05, 4.69) is 62.6 Å². The van der Waals surface area contributed by atoms with Gasteiger partial charge in [-0.2, -0.15) is 0 Å². The number of unbranched alkanes of at least 4 members (excludes halogenated alkanes) is 1. The highest BCUT2D eigenvalue weighted by atomic mass is 16.5. The van der Waals surface area contributed by atoms with Gasteiger partial charge in [0.25, 0.3) is 0 Å². The Morgan fingerprint density at radius 1 is 1.00 bits per heavy atom. The van der Waals surface area contributed by atoms with Crippen molar-refractivity contribution in [1.82, 2.24) is 4.90 Å². The summed E-state index contributed by atoms with van der Waals surface area (Å²) in [6.45, 7) is 18.0. The van der Waals surface area contributed by atoms with Gasteiger partial charge in [0.1, 0.15) is 5.75 Å². The van der Waals surface area contributed by atoms with Crippen LogP contribution in [0.15, 0.2) is 18.2 Å². The molecule has 1 aliphatic carbocycles. The predicted molar refractivity (Wildman–Crippen MR) is 121 cm³/mol. The molecule has 2 fully saturated rings. The molecular weight excluding hydrogens is 344 g/mol. The van der Waals surface area contributed by atoms with Crippen molar-refractivity contribution in [3.05, 3.63) is 23.8 Å². The van der Waals surface area contributed by atoms with Crippen LogP contribution in [0.2, 0.25) is 0 Å². The lowest BCUT2D eigenvalue weighted by Crippen LogP contribution is -2.47. The van der Waals surface area contributed by atoms with Crippen molar-refractivity contribution in [3.8, 4) is 5.75 Å². The predicted octanol–water partition coefficient (Wildman–Crippen LogP) is 5.94. The molecule has 1 aromatic rings. The Bertz CT molecular complexity index is 628. The molecule has 1 aliphatic heterocycles. The zero-order valence-corrected chi connectivity index (χ0v) is 19.2. The summed E-state index contributed by atoms with van der Waals surface area (Å²) in [6, 6.07) is 6.83. The van der Waals surface area contributed by atoms with Crippen LogP contribution < -0.4 is 9.64 Å². The van der Waals surface area contributed by atoms with Crippen molar-refractivity contribution in [1.29, 1.82) is 0 Å². The number of hydrogen-bond donors (Lipinski definition) is 0. The van der Waals surface area contributed by atoms with Crippen molar-refractivity contribution < 1.29 is 4.74 Å². The summed E-state index contributed by atoms with van der Waals surface area (Å²) >= 11 is 0. The molecule has 3 nitrogen and oxygen atoms in total. The van der Waals surface area contributed by atoms with Gasteiger partial charge in [-0.05, 0) is 60.6 Å². The average Bonchev–Trinajstić information content (AvgIpc) is 2.64. The summed E-state index contributed by atoms with van der Waals surface area (Å²) in [6.07, 6.45) is 6.49. The zero-order valence-electron chi connectivity index (χ0n) is 19.2. The molecule has 0 radical (unpaired) electrons. The highest BCUT2D eigenvalue weighted by Crippen LogP contribution is 2.53. The molecule has 158 valence electrons. The van der Waals surface area contributed by atoms with E-state index in [0.717, 1.165) is 18.8 Å². The zero-order chi connectivity index (χ0) is 20.4. The Kier molecular flexibility index (Phi) is 6.64. The van der Waals surface area contributed by atoms with Gasteiger partial charge in [-0.25, -0.2) is 0 Å². The minimum Gasteiger partial charge on any atom is -0.497 e. The molecule has 3 heteroatoms. The van der Waals surface area contributed by atoms with Gasteiger partial charge in [0, 0.05) is 37.9 Å². The number of methoxy groups -OCH3 is 1. The maximum atomic E-state index is 5.61. The maximum Gasteiger partial charge on any atom is 0.120 e. The second kappa shape index (κ2) is 8.65. The third-order valence-electron chi connectivity index (χ3n) is 6.77. The van der Waals surface area contributed by atoms with E-state index in [1.54, 1.807) is 12.7 Å². The second-order valence-electron chi connectivity index (χ2n) is 10.7. The number of piperazine rings is 1. The summed E-state index contributed by atoms with van der Waals surface area (Å²) in [5.41, 5.74) is 3.78. The number of nitrogens with zero attached hydrogens (tertiary/aromatic N) is 2. The van der Waals surface area contributed by atoms with E-state index in [-0.39, 0.29) is 0 Å². The molecule has 0 aromatic heterocycles. The topological polar surface area (TPSA) is 15.7 Å². The molecule has 1 saturated carbocycles. The third-order valence-corrected chi connectivity index (χ3v) is 6.77. The number of ether oxygens (including phenoxy) is 1. The smallest absolute Gasteiger partial charge is 0.120 e. The molecule has 1 aromatic carbocycles. The van der Waals surface area contributed by atoms with Gasteiger partial charge in [0.05, 0.1) is 7.11 Å². The van der Waals surface area contributed by atoms with Crippen LogP contribution in [0.3, 0.4) is 0 Å². The highest BCUT2D eigenvalue weighted by molar-refractivity contribution is 5.59. The molecule has 2 aliphatic rings. The molecule has 1 saturated heterocycles. The van der Waals surface area contributed by atoms with Crippen molar-refractivity contribution in [2.75, 3.05) is 44.7 Å². The lowest BCUT2D eigenvalue weighted by Gasteiger charge is -2.46. The number of hydrogen-bond acceptors (Lipinski definition) is 3. The van der Waals surface area contributed by atoms with Crippen LogP contribution in [0, 0.1) is 10.8 Å². The molecule has 1 heterocycles. The summed E-state index contributed by atoms with van der Waals surface area (Å²) < 4.78 is 5.61. The minimum absolute atomic E-state index is 0.405. The average molecular weight is 387 g/mol. The molecular formula is C25H42N2O. The Morgan fingerprint density at radius 2 is 1.64 bits per heavy atom. The van der Waals surface area contributed by atoms with Crippen LogP contribution in [-0.2, 0) is 0 Å². The molecule has 28 heavy (non-hydrogen) atoms. The molecule has 0 bridgehead atoms. The number of benzene rings is 1. The van der Waals surface area contributed by atoms with E-state index < -0.39 is 0 Å². The quantitative estimate of drug-likeness (QED) is 0.602. The van der Waals surface area contributed by atoms with Crippen molar-refractivity contribution >= 4 is 5.69 Å². The summed E-state index contributed by atoms with van der Waals surface area (Å²) in [5.74, 6) is 1.62. The van der Waals surface area contributed by atoms with Crippen LogP contribution in [0.4, 0.5) is 5.69 Å². The van der Waals surface area contributed by atoms with E-state index in [1.165, 1.54) is 57.4 Å². The number of rotatable bonds is 6. The molecule has 0 spiro atoms. The SMILES string of the molecule is CCCCN1CCN(c2cc(OC)ccc2C2CC(C)(C)CC(C)(C)C2)CC1. The first-order valence-corrected chi connectivity index (χ1v) is 11.4. The molecule has 3 rings (SSSR count). The largest absolute Gasteiger partial charge is 0.497 e. The van der Waals surface area contributed by atoms with E-state index in [0.29, 0.717) is 16.7 Å². The van der Waals surface area contributed by atoms with Crippen LogP contribution >= 0.6 is 0 Å². The molecule has 0 amide bonds. The Balaban J connectivity index is 1.83. The van der Waals surface area contributed by atoms with Gasteiger partial charge in [-0.3, -0.25) is 4.90 Å². The van der Waals surface area contributed by atoms with E-state index in [4.69, 9.17) is 4.74 Å². The van der Waals surface area contributed by atoms with Gasteiger partial charge >= 0.3 is 0 Å². The van der Waals surface area contributed by atoms with Crippen LogP contribution in [0.5, 0.6) is 5.75 Å². The monoisotopic (exact) mass is 386 g/mol. The van der Waals surface area contributed by atoms with Crippen molar-refractivity contribution in [2.45, 2.75) is 72.6 Å². The first-order valence-electron chi connectivity index (χ1n) is 11.4. The lowest BCUT2D eigenvalue weighted by atomic mass is 9.60. The van der Waals surface area contributed by atoms with Gasteiger partial charge in [-0.15, -0.1) is 0 Å². The molecule has 0 unspecified atom stereocenters. The molecule has 0 atom stereocenters. The fraction of sp³-hybridized carbons (Fsp3) is 0.760. The van der Waals surface area contributed by atoms with Gasteiger partial charge in [0.15, 0.2) is 0 Å². The fourth-order valence-electron chi connectivity index (χ4n) is 5.93. The Hall–Kier alpha value is -1.22. The second-order valence-corrected chi connectivity index (χ2v) is 10.7. The van der Waals surface area contributed by atoms with Gasteiger partial charge in [-0.1, -0.05) is 47.1 Å².